The Morgan fingerprint density at radius 2 is 2.00 bits per heavy atom. The number of ether oxygens (including phenoxy) is 1. The van der Waals surface area contributed by atoms with Crippen LogP contribution in [-0.2, 0) is 0 Å². The molecular formula is C13H16BrN3O. The molecule has 1 unspecified atom stereocenters. The molecule has 0 bridgehead atoms. The SMILES string of the molecule is COc1cc(C)c(C)cc1C(N)c1ncc(Br)[nH]1. The highest BCUT2D eigenvalue weighted by Crippen LogP contribution is 2.30. The van der Waals surface area contributed by atoms with Crippen molar-refractivity contribution in [2.75, 3.05) is 7.11 Å². The molecule has 4 nitrogen and oxygen atoms in total. The number of nitrogens with two attached hydrogens (primary N) is 1. The van der Waals surface area contributed by atoms with Crippen LogP contribution in [0.15, 0.2) is 22.9 Å². The molecule has 0 saturated carbocycles. The number of methoxy groups -OCH3 is 1. The van der Waals surface area contributed by atoms with Gasteiger partial charge in [-0.25, -0.2) is 4.98 Å². The largest absolute Gasteiger partial charge is 0.496 e. The van der Waals surface area contributed by atoms with Gasteiger partial charge < -0.3 is 15.5 Å². The van der Waals surface area contributed by atoms with Crippen molar-refractivity contribution in [3.05, 3.63) is 45.4 Å². The van der Waals surface area contributed by atoms with Crippen molar-refractivity contribution in [2.45, 2.75) is 19.9 Å². The monoisotopic (exact) mass is 309 g/mol. The van der Waals surface area contributed by atoms with Crippen LogP contribution >= 0.6 is 15.9 Å². The highest BCUT2D eigenvalue weighted by molar-refractivity contribution is 9.10. The van der Waals surface area contributed by atoms with Crippen LogP contribution < -0.4 is 10.5 Å². The summed E-state index contributed by atoms with van der Waals surface area (Å²) in [6.45, 7) is 4.11. The third-order valence-electron chi connectivity index (χ3n) is 3.04. The summed E-state index contributed by atoms with van der Waals surface area (Å²) in [5.74, 6) is 1.50. The van der Waals surface area contributed by atoms with Gasteiger partial charge in [-0.05, 0) is 47.0 Å². The lowest BCUT2D eigenvalue weighted by Crippen LogP contribution is -2.15. The summed E-state index contributed by atoms with van der Waals surface area (Å²) in [5.41, 5.74) is 9.53. The molecule has 0 amide bonds. The van der Waals surface area contributed by atoms with E-state index in [1.54, 1.807) is 13.3 Å². The van der Waals surface area contributed by atoms with Gasteiger partial charge in [0.15, 0.2) is 0 Å². The van der Waals surface area contributed by atoms with E-state index in [1.807, 2.05) is 6.07 Å². The van der Waals surface area contributed by atoms with Crippen LogP contribution in [0.3, 0.4) is 0 Å². The van der Waals surface area contributed by atoms with Gasteiger partial charge in [0, 0.05) is 5.56 Å². The van der Waals surface area contributed by atoms with E-state index < -0.39 is 0 Å². The minimum absolute atomic E-state index is 0.328. The van der Waals surface area contributed by atoms with Gasteiger partial charge in [0.25, 0.3) is 0 Å². The average molecular weight is 310 g/mol. The molecule has 96 valence electrons. The van der Waals surface area contributed by atoms with Crippen LogP contribution in [0, 0.1) is 13.8 Å². The molecule has 0 radical (unpaired) electrons. The zero-order chi connectivity index (χ0) is 13.3. The summed E-state index contributed by atoms with van der Waals surface area (Å²) in [7, 11) is 1.65. The molecule has 2 rings (SSSR count). The van der Waals surface area contributed by atoms with Crippen LogP contribution in [0.2, 0.25) is 0 Å². The molecule has 1 aromatic heterocycles. The number of nitrogens with zero attached hydrogens (tertiary/aromatic N) is 1. The highest BCUT2D eigenvalue weighted by Gasteiger charge is 2.17. The summed E-state index contributed by atoms with van der Waals surface area (Å²) < 4.78 is 6.21. The lowest BCUT2D eigenvalue weighted by Gasteiger charge is -2.16. The molecule has 0 fully saturated rings. The summed E-state index contributed by atoms with van der Waals surface area (Å²) in [5, 5.41) is 0. The molecule has 3 N–H and O–H groups in total. The second-order valence-electron chi connectivity index (χ2n) is 4.27. The van der Waals surface area contributed by atoms with Crippen molar-refractivity contribution < 1.29 is 4.74 Å². The molecule has 1 aromatic carbocycles. The van der Waals surface area contributed by atoms with Crippen molar-refractivity contribution >= 4 is 15.9 Å². The third kappa shape index (κ3) is 2.42. The van der Waals surface area contributed by atoms with E-state index in [1.165, 1.54) is 11.1 Å². The van der Waals surface area contributed by atoms with Crippen LogP contribution in [0.5, 0.6) is 5.75 Å². The first-order chi connectivity index (χ1) is 8.52. The molecule has 1 atom stereocenters. The minimum Gasteiger partial charge on any atom is -0.496 e. The second-order valence-corrected chi connectivity index (χ2v) is 5.13. The first-order valence-corrected chi connectivity index (χ1v) is 6.43. The Morgan fingerprint density at radius 3 is 2.56 bits per heavy atom. The smallest absolute Gasteiger partial charge is 0.128 e. The van der Waals surface area contributed by atoms with Crippen molar-refractivity contribution in [1.82, 2.24) is 9.97 Å². The molecule has 0 aliphatic carbocycles. The normalized spacial score (nSPS) is 12.5. The average Bonchev–Trinajstić information content (AvgIpc) is 2.78. The maximum atomic E-state index is 6.23. The predicted molar refractivity (Wildman–Crippen MR) is 74.8 cm³/mol. The molecule has 0 spiro atoms. The molecule has 1 heterocycles. The first-order valence-electron chi connectivity index (χ1n) is 5.64. The maximum absolute atomic E-state index is 6.23. The lowest BCUT2D eigenvalue weighted by molar-refractivity contribution is 0.407. The topological polar surface area (TPSA) is 63.9 Å². The van der Waals surface area contributed by atoms with Crippen molar-refractivity contribution in [3.8, 4) is 5.75 Å². The fraction of sp³-hybridized carbons (Fsp3) is 0.308. The maximum Gasteiger partial charge on any atom is 0.128 e. The Hall–Kier alpha value is -1.33. The second kappa shape index (κ2) is 5.12. The van der Waals surface area contributed by atoms with Gasteiger partial charge in [0.2, 0.25) is 0 Å². The number of H-pyrrole nitrogens is 1. The number of halogens is 1. The molecule has 5 heteroatoms. The van der Waals surface area contributed by atoms with E-state index in [4.69, 9.17) is 10.5 Å². The standard InChI is InChI=1S/C13H16BrN3O/c1-7-4-9(10(18-3)5-8(7)2)12(15)13-16-6-11(14)17-13/h4-6,12H,15H2,1-3H3,(H,16,17). The summed E-state index contributed by atoms with van der Waals surface area (Å²) in [4.78, 5) is 7.32. The van der Waals surface area contributed by atoms with Crippen molar-refractivity contribution in [1.29, 1.82) is 0 Å². The molecule has 2 aromatic rings. The fourth-order valence-electron chi connectivity index (χ4n) is 1.85. The van der Waals surface area contributed by atoms with Gasteiger partial charge >= 0.3 is 0 Å². The summed E-state index contributed by atoms with van der Waals surface area (Å²) >= 11 is 3.33. The van der Waals surface area contributed by atoms with Gasteiger partial charge in [-0.3, -0.25) is 0 Å². The van der Waals surface area contributed by atoms with Crippen molar-refractivity contribution in [2.24, 2.45) is 5.73 Å². The Kier molecular flexibility index (Phi) is 3.73. The Balaban J connectivity index is 2.46. The van der Waals surface area contributed by atoms with Crippen LogP contribution in [0.4, 0.5) is 0 Å². The number of aryl methyl sites for hydroxylation is 2. The van der Waals surface area contributed by atoms with E-state index >= 15 is 0 Å². The van der Waals surface area contributed by atoms with E-state index in [0.717, 1.165) is 15.9 Å². The number of hydrogen-bond donors (Lipinski definition) is 2. The van der Waals surface area contributed by atoms with E-state index in [-0.39, 0.29) is 6.04 Å². The van der Waals surface area contributed by atoms with Gasteiger partial charge in [-0.2, -0.15) is 0 Å². The van der Waals surface area contributed by atoms with Crippen LogP contribution in [0.1, 0.15) is 28.6 Å². The molecule has 0 saturated heterocycles. The number of benzene rings is 1. The number of nitrogens with one attached hydrogen (secondary N) is 1. The minimum atomic E-state index is -0.328. The summed E-state index contributed by atoms with van der Waals surface area (Å²) in [6.07, 6.45) is 1.70. The molecular weight excluding hydrogens is 294 g/mol. The van der Waals surface area contributed by atoms with Gasteiger partial charge in [-0.15, -0.1) is 0 Å². The van der Waals surface area contributed by atoms with Crippen LogP contribution in [-0.4, -0.2) is 17.1 Å². The Morgan fingerprint density at radius 1 is 1.33 bits per heavy atom. The number of aromatic nitrogens is 2. The van der Waals surface area contributed by atoms with E-state index in [9.17, 15) is 0 Å². The number of hydrogen-bond acceptors (Lipinski definition) is 3. The highest BCUT2D eigenvalue weighted by atomic mass is 79.9. The number of imidazole rings is 1. The zero-order valence-corrected chi connectivity index (χ0v) is 12.2. The van der Waals surface area contributed by atoms with Crippen molar-refractivity contribution in [3.63, 3.8) is 0 Å². The Bertz CT molecular complexity index is 565. The van der Waals surface area contributed by atoms with Crippen LogP contribution in [0.25, 0.3) is 0 Å². The lowest BCUT2D eigenvalue weighted by atomic mass is 10.00. The fourth-order valence-corrected chi connectivity index (χ4v) is 2.16. The third-order valence-corrected chi connectivity index (χ3v) is 3.44. The number of aromatic amines is 1. The van der Waals surface area contributed by atoms with E-state index in [2.05, 4.69) is 45.8 Å². The first kappa shape index (κ1) is 13.1. The molecule has 18 heavy (non-hydrogen) atoms. The summed E-state index contributed by atoms with van der Waals surface area (Å²) in [6, 6.07) is 3.73. The molecule has 0 aliphatic rings. The quantitative estimate of drug-likeness (QED) is 0.916. The zero-order valence-electron chi connectivity index (χ0n) is 10.6. The van der Waals surface area contributed by atoms with Gasteiger partial charge in [-0.1, -0.05) is 6.07 Å². The van der Waals surface area contributed by atoms with Gasteiger partial charge in [0.1, 0.15) is 16.2 Å². The predicted octanol–water partition coefficient (Wildman–Crippen LogP) is 2.85. The Labute approximate surface area is 115 Å². The molecule has 0 aliphatic heterocycles. The van der Waals surface area contributed by atoms with E-state index in [0.29, 0.717) is 5.82 Å². The number of rotatable bonds is 3. The van der Waals surface area contributed by atoms with Gasteiger partial charge in [0.05, 0.1) is 19.3 Å².